The molecule has 1 saturated heterocycles. The number of aliphatic hydroxyl groups is 1. The zero-order valence-corrected chi connectivity index (χ0v) is 18.9. The van der Waals surface area contributed by atoms with E-state index in [1.54, 1.807) is 10.7 Å². The highest BCUT2D eigenvalue weighted by Crippen LogP contribution is 2.34. The Labute approximate surface area is 196 Å². The number of anilines is 1. The van der Waals surface area contributed by atoms with E-state index in [-0.39, 0.29) is 18.0 Å². The largest absolute Gasteiger partial charge is 0.391 e. The minimum Gasteiger partial charge on any atom is -0.391 e. The first kappa shape index (κ1) is 21.1. The van der Waals surface area contributed by atoms with Crippen LogP contribution in [-0.2, 0) is 4.74 Å². The standard InChI is InChI=1S/C24H27N7O3/c1-25-21-10-19(17-12-30(14-7-9-34-13-14)22-15(17)4-3-8-26-22)28-23-16(11-27-31(21)23)24(33)29-18-5-2-6-20(18)32/h3-4,8,10-12,14,18,20,25,32H,2,5-7,9,13H2,1H3,(H,29,33)/t14-,18?,20+/m0/s1. The van der Waals surface area contributed by atoms with Crippen molar-refractivity contribution in [2.24, 2.45) is 0 Å². The molecule has 5 heterocycles. The molecular weight excluding hydrogens is 434 g/mol. The molecule has 1 aliphatic heterocycles. The highest BCUT2D eigenvalue weighted by molar-refractivity contribution is 6.01. The van der Waals surface area contributed by atoms with Gasteiger partial charge in [-0.15, -0.1) is 0 Å². The van der Waals surface area contributed by atoms with E-state index in [1.807, 2.05) is 25.2 Å². The monoisotopic (exact) mass is 461 g/mol. The normalized spacial score (nSPS) is 22.6. The highest BCUT2D eigenvalue weighted by atomic mass is 16.5. The molecule has 1 unspecified atom stereocenters. The van der Waals surface area contributed by atoms with Gasteiger partial charge in [-0.3, -0.25) is 4.79 Å². The maximum atomic E-state index is 13.1. The van der Waals surface area contributed by atoms with E-state index >= 15 is 0 Å². The predicted molar refractivity (Wildman–Crippen MR) is 127 cm³/mol. The Hall–Kier alpha value is -3.50. The molecule has 34 heavy (non-hydrogen) atoms. The quantitative estimate of drug-likeness (QED) is 0.418. The lowest BCUT2D eigenvalue weighted by molar-refractivity contribution is 0.0874. The summed E-state index contributed by atoms with van der Waals surface area (Å²) in [6.07, 6.45) is 8.21. The SMILES string of the molecule is CNc1cc(-c2cn([C@H]3CCOC3)c3ncccc23)nc2c(C(=O)NC3CCC[C@H]3O)cnn12. The van der Waals surface area contributed by atoms with Gasteiger partial charge in [-0.1, -0.05) is 0 Å². The lowest BCUT2D eigenvalue weighted by atomic mass is 10.1. The first-order valence-electron chi connectivity index (χ1n) is 11.7. The second kappa shape index (κ2) is 8.37. The molecule has 2 fully saturated rings. The zero-order chi connectivity index (χ0) is 23.2. The molecule has 0 radical (unpaired) electrons. The van der Waals surface area contributed by atoms with E-state index in [4.69, 9.17) is 9.72 Å². The van der Waals surface area contributed by atoms with Gasteiger partial charge >= 0.3 is 0 Å². The summed E-state index contributed by atoms with van der Waals surface area (Å²) < 4.78 is 9.42. The van der Waals surface area contributed by atoms with E-state index in [9.17, 15) is 9.90 Å². The molecule has 1 amide bonds. The van der Waals surface area contributed by atoms with Crippen LogP contribution in [0.2, 0.25) is 0 Å². The Balaban J connectivity index is 1.46. The van der Waals surface area contributed by atoms with Crippen LogP contribution in [0.1, 0.15) is 42.1 Å². The van der Waals surface area contributed by atoms with E-state index in [0.29, 0.717) is 30.1 Å². The van der Waals surface area contributed by atoms with E-state index in [0.717, 1.165) is 48.2 Å². The number of pyridine rings is 1. The molecule has 176 valence electrons. The summed E-state index contributed by atoms with van der Waals surface area (Å²) >= 11 is 0. The topological polar surface area (TPSA) is 119 Å². The molecular formula is C24H27N7O3. The van der Waals surface area contributed by atoms with Gasteiger partial charge in [0.15, 0.2) is 5.65 Å². The Morgan fingerprint density at radius 1 is 1.26 bits per heavy atom. The first-order valence-corrected chi connectivity index (χ1v) is 11.7. The first-order chi connectivity index (χ1) is 16.6. The van der Waals surface area contributed by atoms with Gasteiger partial charge in [-0.05, 0) is 37.8 Å². The van der Waals surface area contributed by atoms with Gasteiger partial charge in [0.2, 0.25) is 0 Å². The van der Waals surface area contributed by atoms with Crippen LogP contribution in [0.4, 0.5) is 5.82 Å². The summed E-state index contributed by atoms with van der Waals surface area (Å²) in [7, 11) is 1.82. The zero-order valence-electron chi connectivity index (χ0n) is 18.9. The van der Waals surface area contributed by atoms with Crippen LogP contribution in [-0.4, -0.2) is 67.6 Å². The van der Waals surface area contributed by atoms with Gasteiger partial charge in [0.1, 0.15) is 17.0 Å². The van der Waals surface area contributed by atoms with Crippen LogP contribution in [0.5, 0.6) is 0 Å². The Morgan fingerprint density at radius 3 is 2.94 bits per heavy atom. The second-order valence-electron chi connectivity index (χ2n) is 8.99. The van der Waals surface area contributed by atoms with Gasteiger partial charge in [-0.2, -0.15) is 9.61 Å². The predicted octanol–water partition coefficient (Wildman–Crippen LogP) is 2.39. The summed E-state index contributed by atoms with van der Waals surface area (Å²) in [5.74, 6) is 0.439. The minimum atomic E-state index is -0.514. The van der Waals surface area contributed by atoms with Crippen molar-refractivity contribution in [3.8, 4) is 11.3 Å². The van der Waals surface area contributed by atoms with Crippen molar-refractivity contribution < 1.29 is 14.6 Å². The Bertz CT molecular complexity index is 1370. The molecule has 1 saturated carbocycles. The van der Waals surface area contributed by atoms with Gasteiger partial charge < -0.3 is 25.0 Å². The van der Waals surface area contributed by atoms with Crippen molar-refractivity contribution in [3.05, 3.63) is 42.4 Å². The molecule has 10 heteroatoms. The molecule has 0 spiro atoms. The summed E-state index contributed by atoms with van der Waals surface area (Å²) in [5.41, 5.74) is 3.39. The Kier molecular flexibility index (Phi) is 5.19. The van der Waals surface area contributed by atoms with Crippen molar-refractivity contribution in [2.45, 2.75) is 43.9 Å². The number of amides is 1. The molecule has 0 bridgehead atoms. The van der Waals surface area contributed by atoms with Crippen molar-refractivity contribution in [1.82, 2.24) is 29.5 Å². The molecule has 4 aromatic rings. The van der Waals surface area contributed by atoms with Crippen LogP contribution >= 0.6 is 0 Å². The molecule has 10 nitrogen and oxygen atoms in total. The third-order valence-electron chi connectivity index (χ3n) is 6.93. The van der Waals surface area contributed by atoms with Gasteiger partial charge in [-0.25, -0.2) is 9.97 Å². The fourth-order valence-corrected chi connectivity index (χ4v) is 5.10. The van der Waals surface area contributed by atoms with Crippen LogP contribution in [0.15, 0.2) is 36.8 Å². The number of nitrogens with zero attached hydrogens (tertiary/aromatic N) is 5. The molecule has 1 aliphatic carbocycles. The number of rotatable bonds is 5. The fourth-order valence-electron chi connectivity index (χ4n) is 5.10. The lowest BCUT2D eigenvalue weighted by Gasteiger charge is -2.16. The summed E-state index contributed by atoms with van der Waals surface area (Å²) in [4.78, 5) is 22.6. The maximum absolute atomic E-state index is 13.1. The van der Waals surface area contributed by atoms with E-state index < -0.39 is 6.10 Å². The fraction of sp³-hybridized carbons (Fsp3) is 0.417. The summed E-state index contributed by atoms with van der Waals surface area (Å²) in [6.45, 7) is 1.40. The number of carbonyl (C=O) groups is 1. The average molecular weight is 462 g/mol. The third-order valence-corrected chi connectivity index (χ3v) is 6.93. The maximum Gasteiger partial charge on any atom is 0.257 e. The van der Waals surface area contributed by atoms with Crippen LogP contribution in [0.25, 0.3) is 27.9 Å². The second-order valence-corrected chi connectivity index (χ2v) is 8.99. The number of nitrogens with one attached hydrogen (secondary N) is 2. The van der Waals surface area contributed by atoms with Crippen molar-refractivity contribution in [2.75, 3.05) is 25.6 Å². The van der Waals surface area contributed by atoms with Crippen LogP contribution < -0.4 is 10.6 Å². The number of fused-ring (bicyclic) bond motifs is 2. The van der Waals surface area contributed by atoms with Crippen molar-refractivity contribution in [3.63, 3.8) is 0 Å². The van der Waals surface area contributed by atoms with Gasteiger partial charge in [0, 0.05) is 43.1 Å². The minimum absolute atomic E-state index is 0.229. The lowest BCUT2D eigenvalue weighted by Crippen LogP contribution is -2.39. The highest BCUT2D eigenvalue weighted by Gasteiger charge is 2.29. The van der Waals surface area contributed by atoms with E-state index in [2.05, 4.69) is 31.5 Å². The number of hydrogen-bond acceptors (Lipinski definition) is 7. The van der Waals surface area contributed by atoms with Crippen LogP contribution in [0, 0.1) is 0 Å². The average Bonchev–Trinajstić information content (AvgIpc) is 3.64. The molecule has 3 atom stereocenters. The van der Waals surface area contributed by atoms with Crippen molar-refractivity contribution >= 4 is 28.4 Å². The summed E-state index contributed by atoms with van der Waals surface area (Å²) in [5, 5.41) is 21.7. The van der Waals surface area contributed by atoms with E-state index in [1.165, 1.54) is 6.20 Å². The Morgan fingerprint density at radius 2 is 2.18 bits per heavy atom. The van der Waals surface area contributed by atoms with Gasteiger partial charge in [0.25, 0.3) is 5.91 Å². The number of carbonyl (C=O) groups excluding carboxylic acids is 1. The number of ether oxygens (including phenoxy) is 1. The molecule has 0 aromatic carbocycles. The number of aromatic nitrogens is 5. The third kappa shape index (κ3) is 3.41. The molecule has 3 N–H and O–H groups in total. The smallest absolute Gasteiger partial charge is 0.257 e. The number of hydrogen-bond donors (Lipinski definition) is 3. The molecule has 2 aliphatic rings. The van der Waals surface area contributed by atoms with Crippen LogP contribution in [0.3, 0.4) is 0 Å². The molecule has 6 rings (SSSR count). The molecule has 4 aromatic heterocycles. The van der Waals surface area contributed by atoms with Crippen molar-refractivity contribution in [1.29, 1.82) is 0 Å². The number of aliphatic hydroxyl groups excluding tert-OH is 1. The van der Waals surface area contributed by atoms with Gasteiger partial charge in [0.05, 0.1) is 36.7 Å². The summed E-state index contributed by atoms with van der Waals surface area (Å²) in [6, 6.07) is 5.88.